The van der Waals surface area contributed by atoms with Crippen LogP contribution in [0.5, 0.6) is 0 Å². The number of hydrogen-bond donors (Lipinski definition) is 0. The van der Waals surface area contributed by atoms with Crippen molar-refractivity contribution in [2.24, 2.45) is 0 Å². The molecule has 0 amide bonds. The van der Waals surface area contributed by atoms with Gasteiger partial charge in [0.25, 0.3) is 0 Å². The zero-order valence-electron chi connectivity index (χ0n) is 11.1. The Bertz CT molecular complexity index is 464. The van der Waals surface area contributed by atoms with E-state index in [1.54, 1.807) is 0 Å². The van der Waals surface area contributed by atoms with E-state index in [0.29, 0.717) is 24.8 Å². The zero-order chi connectivity index (χ0) is 15.0. The number of anilines is 1. The third kappa shape index (κ3) is 3.52. The lowest BCUT2D eigenvalue weighted by atomic mass is 10.1. The van der Waals surface area contributed by atoms with Gasteiger partial charge < -0.3 is 9.64 Å². The molecule has 1 atom stereocenters. The molecule has 0 saturated carbocycles. The van der Waals surface area contributed by atoms with Crippen LogP contribution in [0.2, 0.25) is 0 Å². The van der Waals surface area contributed by atoms with Crippen molar-refractivity contribution in [1.29, 1.82) is 0 Å². The number of ether oxygens (including phenoxy) is 1. The van der Waals surface area contributed by atoms with E-state index in [2.05, 4.69) is 10.2 Å². The molecule has 1 aliphatic heterocycles. The lowest BCUT2D eigenvalue weighted by Crippen LogP contribution is -2.53. The molecule has 0 spiro atoms. The maximum Gasteiger partial charge on any atom is 0.435 e. The fourth-order valence-electron chi connectivity index (χ4n) is 2.20. The number of morpholine rings is 1. The molecule has 1 saturated heterocycles. The van der Waals surface area contributed by atoms with Gasteiger partial charge in [-0.15, -0.1) is 21.8 Å². The summed E-state index contributed by atoms with van der Waals surface area (Å²) >= 11 is 5.81. The number of nitrogens with zero attached hydrogens (tertiary/aromatic N) is 3. The first-order chi connectivity index (χ1) is 9.21. The van der Waals surface area contributed by atoms with Crippen LogP contribution in [0.15, 0.2) is 12.1 Å². The first-order valence-corrected chi connectivity index (χ1v) is 6.64. The van der Waals surface area contributed by atoms with Crippen LogP contribution < -0.4 is 4.90 Å². The van der Waals surface area contributed by atoms with Crippen LogP contribution in [0.1, 0.15) is 19.5 Å². The van der Waals surface area contributed by atoms with Gasteiger partial charge in [-0.3, -0.25) is 0 Å². The van der Waals surface area contributed by atoms with Gasteiger partial charge in [-0.05, 0) is 26.0 Å². The Hall–Kier alpha value is -1.08. The van der Waals surface area contributed by atoms with E-state index < -0.39 is 17.5 Å². The summed E-state index contributed by atoms with van der Waals surface area (Å²) in [4.78, 5) is 1.84. The van der Waals surface area contributed by atoms with Crippen LogP contribution >= 0.6 is 11.6 Å². The van der Waals surface area contributed by atoms with Gasteiger partial charge in [-0.2, -0.15) is 13.2 Å². The molecular weight excluding hydrogens is 295 g/mol. The molecule has 1 unspecified atom stereocenters. The topological polar surface area (TPSA) is 38.2 Å². The normalized spacial score (nSPS) is 22.9. The maximum absolute atomic E-state index is 12.4. The summed E-state index contributed by atoms with van der Waals surface area (Å²) in [5.41, 5.74) is -1.44. The Labute approximate surface area is 119 Å². The Morgan fingerprint density at radius 2 is 2.10 bits per heavy atom. The standard InChI is InChI=1S/C12H15ClF3N3O/c1-11(2)7-19(6-8(5-13)20-11)10-4-3-9(17-18-10)12(14,15)16/h3-4,8H,5-7H2,1-2H3. The van der Waals surface area contributed by atoms with Crippen molar-refractivity contribution in [1.82, 2.24) is 10.2 Å². The summed E-state index contributed by atoms with van der Waals surface area (Å²) in [6, 6.07) is 2.25. The van der Waals surface area contributed by atoms with Gasteiger partial charge in [-0.25, -0.2) is 0 Å². The lowest BCUT2D eigenvalue weighted by molar-refractivity contribution is -0.141. The van der Waals surface area contributed by atoms with Gasteiger partial charge in [0.05, 0.1) is 17.6 Å². The van der Waals surface area contributed by atoms with Crippen LogP contribution in [-0.4, -0.2) is 40.9 Å². The van der Waals surface area contributed by atoms with E-state index in [0.717, 1.165) is 6.07 Å². The predicted octanol–water partition coefficient (Wildman–Crippen LogP) is 2.72. The molecule has 0 aliphatic carbocycles. The second-order valence-corrected chi connectivity index (χ2v) is 5.62. The molecule has 2 heterocycles. The molecule has 0 radical (unpaired) electrons. The minimum atomic E-state index is -4.48. The van der Waals surface area contributed by atoms with E-state index >= 15 is 0 Å². The van der Waals surface area contributed by atoms with Crippen molar-refractivity contribution in [3.05, 3.63) is 17.8 Å². The highest BCUT2D eigenvalue weighted by atomic mass is 35.5. The predicted molar refractivity (Wildman–Crippen MR) is 68.9 cm³/mol. The van der Waals surface area contributed by atoms with E-state index in [-0.39, 0.29) is 6.10 Å². The SMILES string of the molecule is CC1(C)CN(c2ccc(C(F)(F)F)nn2)CC(CCl)O1. The number of alkyl halides is 4. The molecule has 2 rings (SSSR count). The minimum absolute atomic E-state index is 0.190. The van der Waals surface area contributed by atoms with E-state index in [9.17, 15) is 13.2 Å². The molecule has 4 nitrogen and oxygen atoms in total. The zero-order valence-corrected chi connectivity index (χ0v) is 11.9. The van der Waals surface area contributed by atoms with Crippen molar-refractivity contribution in [3.8, 4) is 0 Å². The fraction of sp³-hybridized carbons (Fsp3) is 0.667. The summed E-state index contributed by atoms with van der Waals surface area (Å²) in [5, 5.41) is 6.89. The van der Waals surface area contributed by atoms with Gasteiger partial charge in [0.15, 0.2) is 11.5 Å². The molecule has 112 valence electrons. The van der Waals surface area contributed by atoms with Crippen LogP contribution in [0.4, 0.5) is 19.0 Å². The molecule has 1 aromatic heterocycles. The van der Waals surface area contributed by atoms with Gasteiger partial charge >= 0.3 is 6.18 Å². The minimum Gasteiger partial charge on any atom is -0.367 e. The Kier molecular flexibility index (Phi) is 4.11. The van der Waals surface area contributed by atoms with Gasteiger partial charge in [0, 0.05) is 13.1 Å². The number of rotatable bonds is 2. The van der Waals surface area contributed by atoms with Gasteiger partial charge in [0.2, 0.25) is 0 Å². The Morgan fingerprint density at radius 1 is 1.40 bits per heavy atom. The first-order valence-electron chi connectivity index (χ1n) is 6.11. The van der Waals surface area contributed by atoms with Crippen molar-refractivity contribution in [2.45, 2.75) is 31.7 Å². The summed E-state index contributed by atoms with van der Waals surface area (Å²) in [6.45, 7) is 4.79. The monoisotopic (exact) mass is 309 g/mol. The third-order valence-corrected chi connectivity index (χ3v) is 3.26. The first kappa shape index (κ1) is 15.3. The second-order valence-electron chi connectivity index (χ2n) is 5.31. The fourth-order valence-corrected chi connectivity index (χ4v) is 2.36. The molecule has 1 aromatic rings. The molecular formula is C12H15ClF3N3O. The molecule has 0 aromatic carbocycles. The average molecular weight is 310 g/mol. The molecule has 0 N–H and O–H groups in total. The number of halogens is 4. The number of aromatic nitrogens is 2. The summed E-state index contributed by atoms with van der Waals surface area (Å²) in [7, 11) is 0. The van der Waals surface area contributed by atoms with Crippen molar-refractivity contribution in [2.75, 3.05) is 23.9 Å². The van der Waals surface area contributed by atoms with Crippen LogP contribution in [-0.2, 0) is 10.9 Å². The summed E-state index contributed by atoms with van der Waals surface area (Å²) in [5.74, 6) is 0.707. The van der Waals surface area contributed by atoms with Crippen molar-refractivity contribution >= 4 is 17.4 Å². The Morgan fingerprint density at radius 3 is 2.60 bits per heavy atom. The third-order valence-electron chi connectivity index (χ3n) is 2.92. The lowest BCUT2D eigenvalue weighted by Gasteiger charge is -2.42. The molecule has 8 heteroatoms. The van der Waals surface area contributed by atoms with Gasteiger partial charge in [-0.1, -0.05) is 0 Å². The molecule has 20 heavy (non-hydrogen) atoms. The largest absolute Gasteiger partial charge is 0.435 e. The van der Waals surface area contributed by atoms with E-state index in [1.807, 2.05) is 18.7 Å². The molecule has 1 fully saturated rings. The van der Waals surface area contributed by atoms with Crippen LogP contribution in [0.3, 0.4) is 0 Å². The highest BCUT2D eigenvalue weighted by molar-refractivity contribution is 6.18. The van der Waals surface area contributed by atoms with Gasteiger partial charge in [0.1, 0.15) is 0 Å². The maximum atomic E-state index is 12.4. The summed E-state index contributed by atoms with van der Waals surface area (Å²) < 4.78 is 43.1. The summed E-state index contributed by atoms with van der Waals surface area (Å²) in [6.07, 6.45) is -4.67. The molecule has 1 aliphatic rings. The van der Waals surface area contributed by atoms with Crippen molar-refractivity contribution in [3.63, 3.8) is 0 Å². The smallest absolute Gasteiger partial charge is 0.367 e. The van der Waals surface area contributed by atoms with Crippen LogP contribution in [0.25, 0.3) is 0 Å². The highest BCUT2D eigenvalue weighted by Gasteiger charge is 2.35. The average Bonchev–Trinajstić information content (AvgIpc) is 2.36. The Balaban J connectivity index is 2.18. The van der Waals surface area contributed by atoms with E-state index in [1.165, 1.54) is 6.07 Å². The second kappa shape index (κ2) is 5.37. The quantitative estimate of drug-likeness (QED) is 0.787. The molecule has 0 bridgehead atoms. The van der Waals surface area contributed by atoms with Crippen molar-refractivity contribution < 1.29 is 17.9 Å². The number of hydrogen-bond acceptors (Lipinski definition) is 4. The van der Waals surface area contributed by atoms with Crippen LogP contribution in [0, 0.1) is 0 Å². The van der Waals surface area contributed by atoms with E-state index in [4.69, 9.17) is 16.3 Å². The highest BCUT2D eigenvalue weighted by Crippen LogP contribution is 2.29.